The van der Waals surface area contributed by atoms with Gasteiger partial charge < -0.3 is 0 Å². The molecule has 0 radical (unpaired) electrons. The molecule has 2 bridgehead atoms. The standard InChI is InChI=1S/C16H19NO/c1-9-2-5-12(17-8-9)7-13(18)16-14-10-3-4-11(6-10)15(14)16/h2,5,8,10-11,14-16H,3-4,6-7H2,1H3. The quantitative estimate of drug-likeness (QED) is 0.814. The van der Waals surface area contributed by atoms with Gasteiger partial charge in [0.2, 0.25) is 0 Å². The summed E-state index contributed by atoms with van der Waals surface area (Å²) in [5.74, 6) is 4.17. The van der Waals surface area contributed by atoms with Crippen molar-refractivity contribution >= 4 is 5.78 Å². The fraction of sp³-hybridized carbons (Fsp3) is 0.625. The molecular weight excluding hydrogens is 222 g/mol. The molecule has 3 fully saturated rings. The molecule has 0 aliphatic heterocycles. The minimum Gasteiger partial charge on any atom is -0.299 e. The summed E-state index contributed by atoms with van der Waals surface area (Å²) in [6.45, 7) is 2.03. The van der Waals surface area contributed by atoms with Crippen LogP contribution in [0.3, 0.4) is 0 Å². The second kappa shape index (κ2) is 3.66. The lowest BCUT2D eigenvalue weighted by atomic mass is 9.97. The Labute approximate surface area is 108 Å². The van der Waals surface area contributed by atoms with Gasteiger partial charge in [-0.1, -0.05) is 6.07 Å². The van der Waals surface area contributed by atoms with Gasteiger partial charge in [0.15, 0.2) is 0 Å². The maximum atomic E-state index is 12.4. The molecule has 18 heavy (non-hydrogen) atoms. The highest BCUT2D eigenvalue weighted by Gasteiger charge is 2.66. The summed E-state index contributed by atoms with van der Waals surface area (Å²) < 4.78 is 0. The number of hydrogen-bond donors (Lipinski definition) is 0. The van der Waals surface area contributed by atoms with E-state index in [1.165, 1.54) is 19.3 Å². The largest absolute Gasteiger partial charge is 0.299 e. The van der Waals surface area contributed by atoms with Crippen LogP contribution in [0.25, 0.3) is 0 Å². The number of aromatic nitrogens is 1. The highest BCUT2D eigenvalue weighted by Crippen LogP contribution is 2.69. The van der Waals surface area contributed by atoms with Gasteiger partial charge in [0.1, 0.15) is 5.78 Å². The maximum Gasteiger partial charge on any atom is 0.142 e. The maximum absolute atomic E-state index is 12.4. The Kier molecular flexibility index (Phi) is 2.18. The number of carbonyl (C=O) groups excluding carboxylic acids is 1. The Balaban J connectivity index is 1.45. The second-order valence-electron chi connectivity index (χ2n) is 6.48. The van der Waals surface area contributed by atoms with Crippen molar-refractivity contribution in [2.45, 2.75) is 32.6 Å². The average Bonchev–Trinajstić information content (AvgIpc) is 2.82. The van der Waals surface area contributed by atoms with E-state index in [0.29, 0.717) is 18.1 Å². The van der Waals surface area contributed by atoms with E-state index < -0.39 is 0 Å². The minimum absolute atomic E-state index is 0.402. The lowest BCUT2D eigenvalue weighted by molar-refractivity contribution is -0.120. The Morgan fingerprint density at radius 2 is 2.00 bits per heavy atom. The molecule has 3 saturated carbocycles. The lowest BCUT2D eigenvalue weighted by Gasteiger charge is -2.07. The summed E-state index contributed by atoms with van der Waals surface area (Å²) in [6, 6.07) is 4.05. The van der Waals surface area contributed by atoms with Gasteiger partial charge in [-0.05, 0) is 61.5 Å². The molecule has 4 rings (SSSR count). The van der Waals surface area contributed by atoms with Gasteiger partial charge in [-0.3, -0.25) is 9.78 Å². The van der Waals surface area contributed by atoms with E-state index in [9.17, 15) is 4.79 Å². The summed E-state index contributed by atoms with van der Waals surface area (Å²) in [7, 11) is 0. The number of nitrogens with zero attached hydrogens (tertiary/aromatic N) is 1. The van der Waals surface area contributed by atoms with E-state index in [0.717, 1.165) is 34.9 Å². The van der Waals surface area contributed by atoms with Crippen molar-refractivity contribution in [1.82, 2.24) is 4.98 Å². The number of pyridine rings is 1. The first-order valence-corrected chi connectivity index (χ1v) is 7.18. The summed E-state index contributed by atoms with van der Waals surface area (Å²) >= 11 is 0. The molecule has 94 valence electrons. The van der Waals surface area contributed by atoms with Gasteiger partial charge in [-0.25, -0.2) is 0 Å². The molecule has 4 unspecified atom stereocenters. The number of carbonyl (C=O) groups is 1. The number of aryl methyl sites for hydroxylation is 1. The van der Waals surface area contributed by atoms with Crippen molar-refractivity contribution in [3.05, 3.63) is 29.6 Å². The van der Waals surface area contributed by atoms with Gasteiger partial charge >= 0.3 is 0 Å². The molecule has 1 aromatic heterocycles. The van der Waals surface area contributed by atoms with E-state index >= 15 is 0 Å². The third kappa shape index (κ3) is 1.47. The van der Waals surface area contributed by atoms with E-state index in [4.69, 9.17) is 0 Å². The van der Waals surface area contributed by atoms with Crippen LogP contribution in [0.1, 0.15) is 30.5 Å². The third-order valence-electron chi connectivity index (χ3n) is 5.44. The molecule has 0 spiro atoms. The molecule has 0 amide bonds. The zero-order valence-electron chi connectivity index (χ0n) is 10.8. The van der Waals surface area contributed by atoms with Crippen LogP contribution >= 0.6 is 0 Å². The minimum atomic E-state index is 0.402. The molecular formula is C16H19NO. The van der Waals surface area contributed by atoms with Crippen molar-refractivity contribution in [2.24, 2.45) is 29.6 Å². The summed E-state index contributed by atoms with van der Waals surface area (Å²) in [6.07, 6.45) is 6.61. The molecule has 0 aromatic carbocycles. The molecule has 0 saturated heterocycles. The van der Waals surface area contributed by atoms with Gasteiger partial charge in [-0.2, -0.15) is 0 Å². The predicted octanol–water partition coefficient (Wildman–Crippen LogP) is 2.79. The normalized spacial score (nSPS) is 39.7. The van der Waals surface area contributed by atoms with Crippen molar-refractivity contribution in [2.75, 3.05) is 0 Å². The number of Topliss-reactive ketones (excluding diaryl/α,β-unsaturated/α-hetero) is 1. The van der Waals surface area contributed by atoms with Crippen LogP contribution in [0.2, 0.25) is 0 Å². The van der Waals surface area contributed by atoms with Crippen LogP contribution < -0.4 is 0 Å². The van der Waals surface area contributed by atoms with E-state index in [-0.39, 0.29) is 0 Å². The van der Waals surface area contributed by atoms with Gasteiger partial charge in [0.05, 0.1) is 0 Å². The first-order chi connectivity index (χ1) is 8.74. The lowest BCUT2D eigenvalue weighted by Crippen LogP contribution is -2.13. The zero-order valence-corrected chi connectivity index (χ0v) is 10.8. The molecule has 0 N–H and O–H groups in total. The molecule has 1 heterocycles. The van der Waals surface area contributed by atoms with Crippen LogP contribution in [-0.2, 0) is 11.2 Å². The predicted molar refractivity (Wildman–Crippen MR) is 69.0 cm³/mol. The van der Waals surface area contributed by atoms with Gasteiger partial charge in [0, 0.05) is 24.2 Å². The van der Waals surface area contributed by atoms with Gasteiger partial charge in [-0.15, -0.1) is 0 Å². The number of rotatable bonds is 3. The smallest absolute Gasteiger partial charge is 0.142 e. The fourth-order valence-electron chi connectivity index (χ4n) is 4.65. The Hall–Kier alpha value is -1.18. The Morgan fingerprint density at radius 3 is 2.61 bits per heavy atom. The second-order valence-corrected chi connectivity index (χ2v) is 6.48. The summed E-state index contributed by atoms with van der Waals surface area (Å²) in [4.78, 5) is 16.7. The number of fused-ring (bicyclic) bond motifs is 5. The zero-order chi connectivity index (χ0) is 12.3. The average molecular weight is 241 g/mol. The molecule has 2 heteroatoms. The third-order valence-corrected chi connectivity index (χ3v) is 5.44. The van der Waals surface area contributed by atoms with E-state index in [2.05, 4.69) is 4.98 Å². The highest BCUT2D eigenvalue weighted by molar-refractivity contribution is 5.86. The van der Waals surface area contributed by atoms with Gasteiger partial charge in [0.25, 0.3) is 0 Å². The van der Waals surface area contributed by atoms with Crippen molar-refractivity contribution < 1.29 is 4.79 Å². The van der Waals surface area contributed by atoms with Crippen molar-refractivity contribution in [3.8, 4) is 0 Å². The molecule has 4 atom stereocenters. The van der Waals surface area contributed by atoms with Crippen LogP contribution in [0.5, 0.6) is 0 Å². The number of hydrogen-bond acceptors (Lipinski definition) is 2. The van der Waals surface area contributed by atoms with Crippen LogP contribution in [0.15, 0.2) is 18.3 Å². The van der Waals surface area contributed by atoms with Crippen LogP contribution in [-0.4, -0.2) is 10.8 Å². The molecule has 3 aliphatic rings. The summed E-state index contributed by atoms with van der Waals surface area (Å²) in [5, 5.41) is 0. The summed E-state index contributed by atoms with van der Waals surface area (Å²) in [5.41, 5.74) is 2.11. The number of ketones is 1. The SMILES string of the molecule is Cc1ccc(CC(=O)C2C3C4CCC(C4)C23)nc1. The first kappa shape index (κ1) is 10.7. The Morgan fingerprint density at radius 1 is 1.28 bits per heavy atom. The van der Waals surface area contributed by atoms with E-state index in [1.807, 2.05) is 25.3 Å². The first-order valence-electron chi connectivity index (χ1n) is 7.18. The van der Waals surface area contributed by atoms with Crippen LogP contribution in [0.4, 0.5) is 0 Å². The van der Waals surface area contributed by atoms with E-state index in [1.54, 1.807) is 0 Å². The van der Waals surface area contributed by atoms with Crippen molar-refractivity contribution in [3.63, 3.8) is 0 Å². The Bertz CT molecular complexity index is 476. The molecule has 2 nitrogen and oxygen atoms in total. The molecule has 1 aromatic rings. The fourth-order valence-corrected chi connectivity index (χ4v) is 4.65. The monoisotopic (exact) mass is 241 g/mol. The topological polar surface area (TPSA) is 30.0 Å². The highest BCUT2D eigenvalue weighted by atomic mass is 16.1. The van der Waals surface area contributed by atoms with Crippen molar-refractivity contribution in [1.29, 1.82) is 0 Å². The van der Waals surface area contributed by atoms with Crippen LogP contribution in [0, 0.1) is 36.5 Å². The molecule has 3 aliphatic carbocycles.